The number of ether oxygens (including phenoxy) is 1. The Balaban J connectivity index is 0.000000219. The SMILES string of the molecule is CC(C)(C)Oc1ccc(O)cc1.O=C(O)c1ccccc1. The molecule has 2 rings (SSSR count). The van der Waals surface area contributed by atoms with Crippen molar-refractivity contribution >= 4 is 5.97 Å². The summed E-state index contributed by atoms with van der Waals surface area (Å²) >= 11 is 0. The van der Waals surface area contributed by atoms with Gasteiger partial charge in [0.1, 0.15) is 17.1 Å². The minimum absolute atomic E-state index is 0.184. The summed E-state index contributed by atoms with van der Waals surface area (Å²) in [5.74, 6) is 0.159. The first-order valence-corrected chi connectivity index (χ1v) is 6.54. The average Bonchev–Trinajstić information content (AvgIpc) is 2.42. The molecule has 2 aromatic rings. The lowest BCUT2D eigenvalue weighted by Gasteiger charge is -2.20. The molecule has 112 valence electrons. The quantitative estimate of drug-likeness (QED) is 0.878. The molecular formula is C17H20O4. The standard InChI is InChI=1S/C10H14O2.C7H6O2/c1-10(2,3)12-9-6-4-8(11)5-7-9;8-7(9)6-4-2-1-3-5-6/h4-7,11H,1-3H3;1-5H,(H,8,9). The summed E-state index contributed by atoms with van der Waals surface area (Å²) in [4.78, 5) is 10.2. The molecule has 0 aliphatic heterocycles. The number of aromatic hydroxyl groups is 1. The monoisotopic (exact) mass is 288 g/mol. The van der Waals surface area contributed by atoms with Gasteiger partial charge in [0.2, 0.25) is 0 Å². The molecule has 4 heteroatoms. The van der Waals surface area contributed by atoms with E-state index in [1.54, 1.807) is 54.6 Å². The summed E-state index contributed by atoms with van der Waals surface area (Å²) in [6.45, 7) is 5.96. The fourth-order valence-electron chi connectivity index (χ4n) is 1.45. The Morgan fingerprint density at radius 1 is 0.952 bits per heavy atom. The molecule has 0 fully saturated rings. The molecule has 0 radical (unpaired) electrons. The van der Waals surface area contributed by atoms with Crippen LogP contribution in [-0.2, 0) is 0 Å². The number of benzene rings is 2. The highest BCUT2D eigenvalue weighted by atomic mass is 16.5. The Morgan fingerprint density at radius 3 is 1.86 bits per heavy atom. The van der Waals surface area contributed by atoms with Gasteiger partial charge in [-0.1, -0.05) is 18.2 Å². The molecule has 0 saturated heterocycles. The van der Waals surface area contributed by atoms with Crippen molar-refractivity contribution in [1.29, 1.82) is 0 Å². The van der Waals surface area contributed by atoms with Crippen LogP contribution in [-0.4, -0.2) is 21.8 Å². The lowest BCUT2D eigenvalue weighted by molar-refractivity contribution is 0.0697. The van der Waals surface area contributed by atoms with Crippen LogP contribution in [0.5, 0.6) is 11.5 Å². The predicted molar refractivity (Wildman–Crippen MR) is 81.9 cm³/mol. The van der Waals surface area contributed by atoms with E-state index in [-0.39, 0.29) is 11.4 Å². The Labute approximate surface area is 124 Å². The Morgan fingerprint density at radius 2 is 1.48 bits per heavy atom. The largest absolute Gasteiger partial charge is 0.508 e. The molecule has 0 aliphatic carbocycles. The summed E-state index contributed by atoms with van der Waals surface area (Å²) in [6.07, 6.45) is 0. The molecule has 0 heterocycles. The molecule has 2 aromatic carbocycles. The average molecular weight is 288 g/mol. The zero-order valence-electron chi connectivity index (χ0n) is 12.4. The molecule has 0 bridgehead atoms. The number of carbonyl (C=O) groups is 1. The number of phenols is 1. The van der Waals surface area contributed by atoms with Crippen molar-refractivity contribution in [1.82, 2.24) is 0 Å². The summed E-state index contributed by atoms with van der Waals surface area (Å²) in [5, 5.41) is 17.4. The van der Waals surface area contributed by atoms with E-state index in [1.807, 2.05) is 20.8 Å². The van der Waals surface area contributed by atoms with Gasteiger partial charge in [0.15, 0.2) is 0 Å². The van der Waals surface area contributed by atoms with Crippen LogP contribution in [0.4, 0.5) is 0 Å². The number of rotatable bonds is 2. The van der Waals surface area contributed by atoms with E-state index >= 15 is 0 Å². The summed E-state index contributed by atoms with van der Waals surface area (Å²) in [6, 6.07) is 15.0. The molecule has 21 heavy (non-hydrogen) atoms. The highest BCUT2D eigenvalue weighted by Crippen LogP contribution is 2.20. The van der Waals surface area contributed by atoms with E-state index in [0.717, 1.165) is 5.75 Å². The second-order valence-electron chi connectivity index (χ2n) is 5.38. The van der Waals surface area contributed by atoms with Crippen molar-refractivity contribution in [2.24, 2.45) is 0 Å². The van der Waals surface area contributed by atoms with Gasteiger partial charge in [0, 0.05) is 0 Å². The Kier molecular flexibility index (Phi) is 5.79. The highest BCUT2D eigenvalue weighted by Gasteiger charge is 2.10. The van der Waals surface area contributed by atoms with Crippen LogP contribution in [0.2, 0.25) is 0 Å². The van der Waals surface area contributed by atoms with E-state index in [0.29, 0.717) is 5.56 Å². The van der Waals surface area contributed by atoms with Crippen LogP contribution in [0, 0.1) is 0 Å². The highest BCUT2D eigenvalue weighted by molar-refractivity contribution is 5.87. The molecule has 0 aliphatic rings. The fraction of sp³-hybridized carbons (Fsp3) is 0.235. The molecule has 0 amide bonds. The minimum Gasteiger partial charge on any atom is -0.508 e. The predicted octanol–water partition coefficient (Wildman–Crippen LogP) is 3.95. The molecule has 0 spiro atoms. The van der Waals surface area contributed by atoms with Gasteiger partial charge < -0.3 is 14.9 Å². The van der Waals surface area contributed by atoms with Crippen molar-refractivity contribution in [2.45, 2.75) is 26.4 Å². The number of aromatic carboxylic acids is 1. The van der Waals surface area contributed by atoms with Gasteiger partial charge in [-0.3, -0.25) is 0 Å². The maximum atomic E-state index is 10.2. The summed E-state index contributed by atoms with van der Waals surface area (Å²) < 4.78 is 5.55. The van der Waals surface area contributed by atoms with Crippen LogP contribution in [0.25, 0.3) is 0 Å². The number of carboxylic acid groups (broad SMARTS) is 1. The van der Waals surface area contributed by atoms with E-state index < -0.39 is 5.97 Å². The number of phenolic OH excluding ortho intramolecular Hbond substituents is 1. The van der Waals surface area contributed by atoms with Crippen LogP contribution >= 0.6 is 0 Å². The smallest absolute Gasteiger partial charge is 0.335 e. The third-order valence-electron chi connectivity index (χ3n) is 2.28. The topological polar surface area (TPSA) is 66.8 Å². The first kappa shape index (κ1) is 16.6. The number of hydrogen-bond acceptors (Lipinski definition) is 3. The maximum Gasteiger partial charge on any atom is 0.335 e. The van der Waals surface area contributed by atoms with E-state index in [9.17, 15) is 4.79 Å². The van der Waals surface area contributed by atoms with E-state index in [2.05, 4.69) is 0 Å². The van der Waals surface area contributed by atoms with Gasteiger partial charge in [-0.25, -0.2) is 4.79 Å². The molecule has 0 aromatic heterocycles. The van der Waals surface area contributed by atoms with E-state index in [1.165, 1.54) is 0 Å². The normalized spacial score (nSPS) is 10.2. The fourth-order valence-corrected chi connectivity index (χ4v) is 1.45. The lowest BCUT2D eigenvalue weighted by atomic mass is 10.2. The van der Waals surface area contributed by atoms with Crippen molar-refractivity contribution in [2.75, 3.05) is 0 Å². The van der Waals surface area contributed by atoms with Gasteiger partial charge in [-0.15, -0.1) is 0 Å². The van der Waals surface area contributed by atoms with Gasteiger partial charge in [-0.05, 0) is 57.2 Å². The first-order chi connectivity index (χ1) is 9.78. The van der Waals surface area contributed by atoms with Gasteiger partial charge >= 0.3 is 5.97 Å². The van der Waals surface area contributed by atoms with Crippen molar-refractivity contribution in [3.05, 3.63) is 60.2 Å². The van der Waals surface area contributed by atoms with Crippen LogP contribution < -0.4 is 4.74 Å². The van der Waals surface area contributed by atoms with E-state index in [4.69, 9.17) is 14.9 Å². The van der Waals surface area contributed by atoms with Crippen LogP contribution in [0.1, 0.15) is 31.1 Å². The molecule has 0 unspecified atom stereocenters. The molecule has 0 atom stereocenters. The molecule has 2 N–H and O–H groups in total. The first-order valence-electron chi connectivity index (χ1n) is 6.54. The van der Waals surface area contributed by atoms with Crippen molar-refractivity contribution < 1.29 is 19.7 Å². The molecule has 0 saturated carbocycles. The minimum atomic E-state index is -0.879. The number of carboxylic acids is 1. The van der Waals surface area contributed by atoms with Gasteiger partial charge in [0.25, 0.3) is 0 Å². The van der Waals surface area contributed by atoms with Crippen molar-refractivity contribution in [3.8, 4) is 11.5 Å². The second kappa shape index (κ2) is 7.33. The zero-order chi connectivity index (χ0) is 15.9. The van der Waals surface area contributed by atoms with Crippen LogP contribution in [0.3, 0.4) is 0 Å². The zero-order valence-corrected chi connectivity index (χ0v) is 12.4. The Bertz CT molecular complexity index is 554. The lowest BCUT2D eigenvalue weighted by Crippen LogP contribution is -2.22. The number of hydrogen-bond donors (Lipinski definition) is 2. The summed E-state index contributed by atoms with van der Waals surface area (Å²) in [7, 11) is 0. The van der Waals surface area contributed by atoms with Gasteiger partial charge in [-0.2, -0.15) is 0 Å². The van der Waals surface area contributed by atoms with Crippen LogP contribution in [0.15, 0.2) is 54.6 Å². The van der Waals surface area contributed by atoms with Crippen molar-refractivity contribution in [3.63, 3.8) is 0 Å². The maximum absolute atomic E-state index is 10.2. The van der Waals surface area contributed by atoms with Gasteiger partial charge in [0.05, 0.1) is 5.56 Å². The third-order valence-corrected chi connectivity index (χ3v) is 2.28. The Hall–Kier alpha value is -2.49. The molecule has 4 nitrogen and oxygen atoms in total. The second-order valence-corrected chi connectivity index (χ2v) is 5.38. The third kappa shape index (κ3) is 7.01. The summed E-state index contributed by atoms with van der Waals surface area (Å²) in [5.41, 5.74) is 0.147. The molecular weight excluding hydrogens is 268 g/mol.